The molecule has 1 aromatic rings. The summed E-state index contributed by atoms with van der Waals surface area (Å²) in [5, 5.41) is 3.59. The predicted molar refractivity (Wildman–Crippen MR) is 83.4 cm³/mol. The average molecular weight is 328 g/mol. The van der Waals surface area contributed by atoms with Crippen LogP contribution >= 0.6 is 15.9 Å². The number of furan rings is 1. The fourth-order valence-electron chi connectivity index (χ4n) is 3.29. The minimum absolute atomic E-state index is 0.576. The van der Waals surface area contributed by atoms with E-state index in [0.717, 1.165) is 29.4 Å². The minimum Gasteiger partial charge on any atom is -0.468 e. The summed E-state index contributed by atoms with van der Waals surface area (Å²) in [5.74, 6) is 3.33. The Bertz CT molecular complexity index is 375. The Labute approximate surface area is 125 Å². The molecule has 1 aliphatic carbocycles. The summed E-state index contributed by atoms with van der Waals surface area (Å²) >= 11 is 3.64. The highest BCUT2D eigenvalue weighted by Crippen LogP contribution is 2.43. The second kappa shape index (κ2) is 7.49. The average Bonchev–Trinajstić information content (AvgIpc) is 2.85. The number of hydrogen-bond acceptors (Lipinski definition) is 2. The van der Waals surface area contributed by atoms with Crippen LogP contribution < -0.4 is 5.32 Å². The summed E-state index contributed by atoms with van der Waals surface area (Å²) in [4.78, 5) is 0. The fourth-order valence-corrected chi connectivity index (χ4v) is 3.79. The predicted octanol–water partition coefficient (Wildman–Crippen LogP) is 4.95. The van der Waals surface area contributed by atoms with Gasteiger partial charge in [-0.3, -0.25) is 0 Å². The van der Waals surface area contributed by atoms with Crippen LogP contribution in [0.3, 0.4) is 0 Å². The lowest BCUT2D eigenvalue weighted by atomic mass is 9.72. The van der Waals surface area contributed by atoms with Crippen molar-refractivity contribution in [2.24, 2.45) is 11.8 Å². The highest BCUT2D eigenvalue weighted by atomic mass is 79.9. The molecule has 19 heavy (non-hydrogen) atoms. The smallest absolute Gasteiger partial charge is 0.121 e. The van der Waals surface area contributed by atoms with Crippen LogP contribution in [0, 0.1) is 11.8 Å². The van der Waals surface area contributed by atoms with Crippen molar-refractivity contribution >= 4 is 15.9 Å². The fraction of sp³-hybridized carbons (Fsp3) is 0.750. The third-order valence-corrected chi connectivity index (χ3v) is 5.15. The van der Waals surface area contributed by atoms with Gasteiger partial charge in [-0.15, -0.1) is 0 Å². The van der Waals surface area contributed by atoms with E-state index >= 15 is 0 Å². The lowest BCUT2D eigenvalue weighted by Gasteiger charge is -2.35. The van der Waals surface area contributed by atoms with Gasteiger partial charge >= 0.3 is 0 Å². The summed E-state index contributed by atoms with van der Waals surface area (Å²) in [6.07, 6.45) is 8.30. The van der Waals surface area contributed by atoms with E-state index in [4.69, 9.17) is 4.42 Å². The Kier molecular flexibility index (Phi) is 5.96. The molecule has 1 aromatic heterocycles. The van der Waals surface area contributed by atoms with E-state index in [-0.39, 0.29) is 0 Å². The van der Waals surface area contributed by atoms with Gasteiger partial charge in [0.25, 0.3) is 0 Å². The SMILES string of the molecule is CCCNCC1CCC(CC)CC1c1occc1Br. The second-order valence-corrected chi connectivity index (χ2v) is 6.65. The first-order chi connectivity index (χ1) is 9.26. The van der Waals surface area contributed by atoms with Gasteiger partial charge in [-0.25, -0.2) is 0 Å². The molecular weight excluding hydrogens is 302 g/mol. The maximum Gasteiger partial charge on any atom is 0.121 e. The van der Waals surface area contributed by atoms with Crippen LogP contribution in [0.15, 0.2) is 21.2 Å². The van der Waals surface area contributed by atoms with Gasteiger partial charge in [0.05, 0.1) is 10.7 Å². The number of nitrogens with one attached hydrogen (secondary N) is 1. The van der Waals surface area contributed by atoms with Crippen molar-refractivity contribution in [2.45, 2.75) is 51.9 Å². The highest BCUT2D eigenvalue weighted by molar-refractivity contribution is 9.10. The van der Waals surface area contributed by atoms with E-state index in [9.17, 15) is 0 Å². The third kappa shape index (κ3) is 3.85. The molecular formula is C16H26BrNO. The standard InChI is InChI=1S/C16H26BrNO/c1-3-8-18-11-13-6-5-12(4-2)10-14(13)16-15(17)7-9-19-16/h7,9,12-14,18H,3-6,8,10-11H2,1-2H3. The van der Waals surface area contributed by atoms with Crippen LogP contribution in [0.25, 0.3) is 0 Å². The molecule has 3 heteroatoms. The van der Waals surface area contributed by atoms with Crippen LogP contribution in [0.4, 0.5) is 0 Å². The molecule has 2 nitrogen and oxygen atoms in total. The van der Waals surface area contributed by atoms with E-state index in [1.165, 1.54) is 37.9 Å². The first-order valence-corrected chi connectivity index (χ1v) is 8.49. The molecule has 1 fully saturated rings. The topological polar surface area (TPSA) is 25.2 Å². The highest BCUT2D eigenvalue weighted by Gasteiger charge is 2.33. The zero-order chi connectivity index (χ0) is 13.7. The molecule has 0 amide bonds. The minimum atomic E-state index is 0.576. The summed E-state index contributed by atoms with van der Waals surface area (Å²) in [6.45, 7) is 6.79. The van der Waals surface area contributed by atoms with Crippen molar-refractivity contribution in [3.05, 3.63) is 22.6 Å². The molecule has 1 saturated carbocycles. The molecule has 0 radical (unpaired) electrons. The molecule has 2 rings (SSSR count). The molecule has 108 valence electrons. The molecule has 0 aliphatic heterocycles. The Morgan fingerprint density at radius 3 is 2.84 bits per heavy atom. The molecule has 1 aliphatic rings. The van der Waals surface area contributed by atoms with Gasteiger partial charge in [0.2, 0.25) is 0 Å². The molecule has 3 atom stereocenters. The van der Waals surface area contributed by atoms with Crippen LogP contribution in [0.5, 0.6) is 0 Å². The molecule has 0 saturated heterocycles. The maximum atomic E-state index is 5.76. The van der Waals surface area contributed by atoms with Gasteiger partial charge in [-0.2, -0.15) is 0 Å². The Morgan fingerprint density at radius 2 is 2.21 bits per heavy atom. The lowest BCUT2D eigenvalue weighted by molar-refractivity contribution is 0.204. The molecule has 1 N–H and O–H groups in total. The molecule has 1 heterocycles. The first-order valence-electron chi connectivity index (χ1n) is 7.69. The van der Waals surface area contributed by atoms with Gasteiger partial charge in [0.15, 0.2) is 0 Å². The summed E-state index contributed by atoms with van der Waals surface area (Å²) in [6, 6.07) is 2.03. The molecule has 0 spiro atoms. The van der Waals surface area contributed by atoms with Crippen LogP contribution in [0.2, 0.25) is 0 Å². The zero-order valence-electron chi connectivity index (χ0n) is 12.1. The van der Waals surface area contributed by atoms with E-state index in [1.807, 2.05) is 12.3 Å². The van der Waals surface area contributed by atoms with E-state index in [2.05, 4.69) is 35.1 Å². The second-order valence-electron chi connectivity index (χ2n) is 5.79. The van der Waals surface area contributed by atoms with Gasteiger partial charge in [0.1, 0.15) is 5.76 Å². The van der Waals surface area contributed by atoms with E-state index in [0.29, 0.717) is 5.92 Å². The van der Waals surface area contributed by atoms with E-state index in [1.54, 1.807) is 0 Å². The van der Waals surface area contributed by atoms with Crippen molar-refractivity contribution < 1.29 is 4.42 Å². The van der Waals surface area contributed by atoms with Crippen molar-refractivity contribution in [1.29, 1.82) is 0 Å². The van der Waals surface area contributed by atoms with Crippen LogP contribution in [-0.2, 0) is 0 Å². The normalized spacial score (nSPS) is 27.6. The summed E-state index contributed by atoms with van der Waals surface area (Å²) in [5.41, 5.74) is 0. The maximum absolute atomic E-state index is 5.76. The Morgan fingerprint density at radius 1 is 1.37 bits per heavy atom. The summed E-state index contributed by atoms with van der Waals surface area (Å²) < 4.78 is 6.91. The molecule has 0 aromatic carbocycles. The van der Waals surface area contributed by atoms with Crippen LogP contribution in [0.1, 0.15) is 57.6 Å². The molecule has 0 bridgehead atoms. The quantitative estimate of drug-likeness (QED) is 0.747. The van der Waals surface area contributed by atoms with Gasteiger partial charge in [-0.05, 0) is 66.2 Å². The first kappa shape index (κ1) is 15.1. The largest absolute Gasteiger partial charge is 0.468 e. The summed E-state index contributed by atoms with van der Waals surface area (Å²) in [7, 11) is 0. The van der Waals surface area contributed by atoms with Gasteiger partial charge in [0, 0.05) is 5.92 Å². The molecule has 3 unspecified atom stereocenters. The number of rotatable bonds is 6. The van der Waals surface area contributed by atoms with Crippen molar-refractivity contribution in [3.8, 4) is 0 Å². The van der Waals surface area contributed by atoms with Gasteiger partial charge < -0.3 is 9.73 Å². The third-order valence-electron chi connectivity index (χ3n) is 4.49. The van der Waals surface area contributed by atoms with Crippen molar-refractivity contribution in [2.75, 3.05) is 13.1 Å². The monoisotopic (exact) mass is 327 g/mol. The Balaban J connectivity index is 2.05. The van der Waals surface area contributed by atoms with E-state index < -0.39 is 0 Å². The van der Waals surface area contributed by atoms with Gasteiger partial charge in [-0.1, -0.05) is 26.7 Å². The number of halogens is 1. The lowest BCUT2D eigenvalue weighted by Crippen LogP contribution is -2.32. The number of hydrogen-bond donors (Lipinski definition) is 1. The van der Waals surface area contributed by atoms with Crippen molar-refractivity contribution in [1.82, 2.24) is 5.32 Å². The van der Waals surface area contributed by atoms with Crippen LogP contribution in [-0.4, -0.2) is 13.1 Å². The Hall–Kier alpha value is -0.280. The zero-order valence-corrected chi connectivity index (χ0v) is 13.7. The van der Waals surface area contributed by atoms with Crippen molar-refractivity contribution in [3.63, 3.8) is 0 Å².